The Kier molecular flexibility index (Phi) is 4.15. The summed E-state index contributed by atoms with van der Waals surface area (Å²) in [7, 11) is 1.76. The molecule has 3 nitrogen and oxygen atoms in total. The molecular weight excluding hydrogens is 289 g/mol. The van der Waals surface area contributed by atoms with Gasteiger partial charge < -0.3 is 10.6 Å². The molecule has 0 aliphatic heterocycles. The van der Waals surface area contributed by atoms with E-state index in [1.165, 1.54) is 6.07 Å². The molecule has 112 valence electrons. The van der Waals surface area contributed by atoms with Crippen LogP contribution in [0.5, 0.6) is 0 Å². The number of halogens is 2. The van der Waals surface area contributed by atoms with Crippen molar-refractivity contribution in [2.75, 3.05) is 7.05 Å². The quantitative estimate of drug-likeness (QED) is 0.511. The number of hydrogen-bond donors (Lipinski definition) is 2. The summed E-state index contributed by atoms with van der Waals surface area (Å²) in [5.74, 6) is 0.683. The first-order chi connectivity index (χ1) is 10.2. The summed E-state index contributed by atoms with van der Waals surface area (Å²) in [6.07, 6.45) is 7.26. The fourth-order valence-electron chi connectivity index (χ4n) is 2.81. The predicted molar refractivity (Wildman–Crippen MR) is 84.3 cm³/mol. The highest BCUT2D eigenvalue weighted by Gasteiger charge is 2.42. The molecule has 0 bridgehead atoms. The zero-order valence-electron chi connectivity index (χ0n) is 11.9. The normalized spacial score (nSPS) is 25.2. The van der Waals surface area contributed by atoms with Crippen LogP contribution in [-0.2, 0) is 0 Å². The van der Waals surface area contributed by atoms with Gasteiger partial charge in [0.15, 0.2) is 5.96 Å². The Bertz CT molecular complexity index is 557. The Labute approximate surface area is 129 Å². The molecule has 2 unspecified atom stereocenters. The summed E-state index contributed by atoms with van der Waals surface area (Å²) in [4.78, 5) is 4.24. The van der Waals surface area contributed by atoms with Crippen molar-refractivity contribution in [1.29, 1.82) is 0 Å². The Morgan fingerprint density at radius 3 is 2.71 bits per heavy atom. The molecule has 0 aromatic heterocycles. The van der Waals surface area contributed by atoms with Gasteiger partial charge in [-0.25, -0.2) is 4.39 Å². The number of nitrogens with one attached hydrogen (secondary N) is 2. The summed E-state index contributed by atoms with van der Waals surface area (Å²) < 4.78 is 13.9. The van der Waals surface area contributed by atoms with E-state index in [9.17, 15) is 4.39 Å². The van der Waals surface area contributed by atoms with Gasteiger partial charge in [-0.2, -0.15) is 0 Å². The summed E-state index contributed by atoms with van der Waals surface area (Å²) in [5, 5.41) is 7.25. The number of hydrogen-bond acceptors (Lipinski definition) is 1. The number of rotatable bonds is 3. The van der Waals surface area contributed by atoms with Crippen molar-refractivity contribution in [3.63, 3.8) is 0 Å². The molecule has 2 aliphatic carbocycles. The van der Waals surface area contributed by atoms with Gasteiger partial charge in [-0.05, 0) is 31.4 Å². The average molecular weight is 308 g/mol. The van der Waals surface area contributed by atoms with E-state index in [-0.39, 0.29) is 17.8 Å². The van der Waals surface area contributed by atoms with Crippen molar-refractivity contribution in [3.05, 3.63) is 46.8 Å². The molecule has 0 radical (unpaired) electrons. The van der Waals surface area contributed by atoms with E-state index >= 15 is 0 Å². The molecular formula is C16H19ClFN3. The lowest BCUT2D eigenvalue weighted by molar-refractivity contribution is 0.605. The van der Waals surface area contributed by atoms with Crippen LogP contribution in [0.2, 0.25) is 5.02 Å². The average Bonchev–Trinajstić information content (AvgIpc) is 2.99. The molecule has 1 fully saturated rings. The third kappa shape index (κ3) is 3.21. The topological polar surface area (TPSA) is 36.4 Å². The second-order valence-corrected chi connectivity index (χ2v) is 5.99. The minimum Gasteiger partial charge on any atom is -0.353 e. The van der Waals surface area contributed by atoms with E-state index < -0.39 is 0 Å². The Morgan fingerprint density at radius 2 is 2.05 bits per heavy atom. The van der Waals surface area contributed by atoms with Crippen molar-refractivity contribution < 1.29 is 4.39 Å². The number of nitrogens with zero attached hydrogens (tertiary/aromatic N) is 1. The van der Waals surface area contributed by atoms with Gasteiger partial charge in [0.2, 0.25) is 0 Å². The van der Waals surface area contributed by atoms with Crippen molar-refractivity contribution in [1.82, 2.24) is 10.6 Å². The van der Waals surface area contributed by atoms with Crippen molar-refractivity contribution in [2.24, 2.45) is 4.99 Å². The van der Waals surface area contributed by atoms with Gasteiger partial charge in [0, 0.05) is 35.6 Å². The van der Waals surface area contributed by atoms with Gasteiger partial charge in [0.05, 0.1) is 0 Å². The van der Waals surface area contributed by atoms with Gasteiger partial charge in [0.1, 0.15) is 5.82 Å². The van der Waals surface area contributed by atoms with Crippen LogP contribution < -0.4 is 10.6 Å². The Balaban J connectivity index is 1.60. The molecule has 1 aromatic carbocycles. The molecule has 0 amide bonds. The van der Waals surface area contributed by atoms with E-state index in [1.807, 2.05) is 0 Å². The molecule has 2 N–H and O–H groups in total. The van der Waals surface area contributed by atoms with Crippen LogP contribution in [0.25, 0.3) is 0 Å². The smallest absolute Gasteiger partial charge is 0.191 e. The first-order valence-corrected chi connectivity index (χ1v) is 7.65. The molecule has 1 saturated carbocycles. The lowest BCUT2D eigenvalue weighted by Gasteiger charge is -2.17. The first kappa shape index (κ1) is 14.4. The molecule has 21 heavy (non-hydrogen) atoms. The second-order valence-electron chi connectivity index (χ2n) is 5.58. The van der Waals surface area contributed by atoms with Crippen LogP contribution in [0, 0.1) is 5.82 Å². The minimum absolute atomic E-state index is 0.124. The fourth-order valence-corrected chi connectivity index (χ4v) is 3.12. The third-order valence-electron chi connectivity index (χ3n) is 4.06. The summed E-state index contributed by atoms with van der Waals surface area (Å²) in [5.41, 5.74) is 0.620. The molecule has 5 heteroatoms. The summed E-state index contributed by atoms with van der Waals surface area (Å²) in [6.45, 7) is 0. The van der Waals surface area contributed by atoms with Gasteiger partial charge in [-0.15, -0.1) is 0 Å². The molecule has 2 atom stereocenters. The highest BCUT2D eigenvalue weighted by molar-refractivity contribution is 6.31. The zero-order chi connectivity index (χ0) is 14.8. The SMILES string of the molecule is CN=C(NC1CC=CC1)NC1CC1c1c(F)cccc1Cl. The van der Waals surface area contributed by atoms with Gasteiger partial charge in [0.25, 0.3) is 0 Å². The van der Waals surface area contributed by atoms with Gasteiger partial charge in [-0.1, -0.05) is 29.8 Å². The zero-order valence-corrected chi connectivity index (χ0v) is 12.7. The van der Waals surface area contributed by atoms with Crippen molar-refractivity contribution in [3.8, 4) is 0 Å². The molecule has 1 aromatic rings. The maximum atomic E-state index is 13.9. The predicted octanol–water partition coefficient (Wildman–Crippen LogP) is 3.22. The van der Waals surface area contributed by atoms with Crippen LogP contribution >= 0.6 is 11.6 Å². The number of aliphatic imine (C=N–C) groups is 1. The largest absolute Gasteiger partial charge is 0.353 e. The first-order valence-electron chi connectivity index (χ1n) is 7.27. The Morgan fingerprint density at radius 1 is 1.29 bits per heavy atom. The van der Waals surface area contributed by atoms with Crippen molar-refractivity contribution >= 4 is 17.6 Å². The van der Waals surface area contributed by atoms with E-state index in [2.05, 4.69) is 27.8 Å². The highest BCUT2D eigenvalue weighted by atomic mass is 35.5. The number of guanidine groups is 1. The lowest BCUT2D eigenvalue weighted by Crippen LogP contribution is -2.43. The number of benzene rings is 1. The third-order valence-corrected chi connectivity index (χ3v) is 4.38. The summed E-state index contributed by atoms with van der Waals surface area (Å²) in [6, 6.07) is 5.45. The van der Waals surface area contributed by atoms with Crippen LogP contribution in [-0.4, -0.2) is 25.1 Å². The van der Waals surface area contributed by atoms with Gasteiger partial charge in [-0.3, -0.25) is 4.99 Å². The molecule has 3 rings (SSSR count). The van der Waals surface area contributed by atoms with E-state index in [0.717, 1.165) is 25.2 Å². The van der Waals surface area contributed by atoms with Crippen LogP contribution in [0.15, 0.2) is 35.3 Å². The van der Waals surface area contributed by atoms with E-state index in [0.29, 0.717) is 16.6 Å². The monoisotopic (exact) mass is 307 g/mol. The molecule has 0 heterocycles. The lowest BCUT2D eigenvalue weighted by atomic mass is 10.1. The second kappa shape index (κ2) is 6.06. The summed E-state index contributed by atoms with van der Waals surface area (Å²) >= 11 is 6.12. The van der Waals surface area contributed by atoms with E-state index in [4.69, 9.17) is 11.6 Å². The Hall–Kier alpha value is -1.55. The molecule has 0 spiro atoms. The maximum Gasteiger partial charge on any atom is 0.191 e. The maximum absolute atomic E-state index is 13.9. The van der Waals surface area contributed by atoms with E-state index in [1.54, 1.807) is 19.2 Å². The highest BCUT2D eigenvalue weighted by Crippen LogP contribution is 2.44. The van der Waals surface area contributed by atoms with Crippen molar-refractivity contribution in [2.45, 2.75) is 37.3 Å². The standard InChI is InChI=1S/C16H19ClFN3/c1-19-16(20-10-5-2-3-6-10)21-14-9-11(14)15-12(17)7-4-8-13(15)18/h2-4,7-8,10-11,14H,5-6,9H2,1H3,(H2,19,20,21). The van der Waals surface area contributed by atoms with Crippen LogP contribution in [0.4, 0.5) is 4.39 Å². The van der Waals surface area contributed by atoms with Crippen LogP contribution in [0.1, 0.15) is 30.7 Å². The molecule has 0 saturated heterocycles. The molecule has 2 aliphatic rings. The van der Waals surface area contributed by atoms with Gasteiger partial charge >= 0.3 is 0 Å². The fraction of sp³-hybridized carbons (Fsp3) is 0.438. The van der Waals surface area contributed by atoms with Crippen LogP contribution in [0.3, 0.4) is 0 Å². The minimum atomic E-state index is -0.222.